The van der Waals surface area contributed by atoms with E-state index in [1.54, 1.807) is 18.2 Å². The maximum atomic E-state index is 14.0. The predicted molar refractivity (Wildman–Crippen MR) is 79.6 cm³/mol. The second-order valence-corrected chi connectivity index (χ2v) is 4.98. The molecule has 0 aliphatic rings. The van der Waals surface area contributed by atoms with Crippen molar-refractivity contribution in [3.63, 3.8) is 0 Å². The van der Waals surface area contributed by atoms with Gasteiger partial charge in [-0.25, -0.2) is 8.78 Å². The van der Waals surface area contributed by atoms with Crippen LogP contribution in [0.3, 0.4) is 0 Å². The molecule has 0 atom stereocenters. The number of aryl methyl sites for hydroxylation is 1. The first-order valence-corrected chi connectivity index (χ1v) is 7.03. The van der Waals surface area contributed by atoms with Gasteiger partial charge in [0.05, 0.1) is 0 Å². The largest absolute Gasteiger partial charge is 0.451 e. The average molecular weight is 291 g/mol. The van der Waals surface area contributed by atoms with Crippen LogP contribution in [0.2, 0.25) is 0 Å². The lowest BCUT2D eigenvalue weighted by Gasteiger charge is -2.10. The van der Waals surface area contributed by atoms with Crippen molar-refractivity contribution in [3.05, 3.63) is 59.2 Å². The summed E-state index contributed by atoms with van der Waals surface area (Å²) in [5.41, 5.74) is 1.69. The van der Waals surface area contributed by atoms with Gasteiger partial charge in [-0.1, -0.05) is 19.1 Å². The van der Waals surface area contributed by atoms with Crippen LogP contribution < -0.4 is 10.1 Å². The first-order chi connectivity index (χ1) is 10.1. The monoisotopic (exact) mass is 291 g/mol. The van der Waals surface area contributed by atoms with E-state index < -0.39 is 11.6 Å². The predicted octanol–water partition coefficient (Wildman–Crippen LogP) is 4.57. The number of nitrogens with one attached hydrogen (secondary N) is 1. The van der Waals surface area contributed by atoms with Crippen LogP contribution in [0.25, 0.3) is 0 Å². The van der Waals surface area contributed by atoms with Crippen molar-refractivity contribution in [2.24, 2.45) is 0 Å². The summed E-state index contributed by atoms with van der Waals surface area (Å²) in [6.45, 7) is 5.38. The molecule has 21 heavy (non-hydrogen) atoms. The van der Waals surface area contributed by atoms with E-state index in [0.29, 0.717) is 6.54 Å². The number of ether oxygens (including phenoxy) is 1. The number of rotatable bonds is 6. The topological polar surface area (TPSA) is 21.3 Å². The molecule has 0 unspecified atom stereocenters. The number of halogens is 2. The SMILES string of the molecule is CCCNCc1ccc(Oc2cc(C)ccc2F)c(F)c1. The summed E-state index contributed by atoms with van der Waals surface area (Å²) in [4.78, 5) is 0. The van der Waals surface area contributed by atoms with E-state index in [1.807, 2.05) is 6.92 Å². The summed E-state index contributed by atoms with van der Waals surface area (Å²) in [5.74, 6) is -0.940. The van der Waals surface area contributed by atoms with E-state index in [0.717, 1.165) is 24.1 Å². The minimum atomic E-state index is -0.506. The molecule has 0 amide bonds. The van der Waals surface area contributed by atoms with Gasteiger partial charge in [-0.05, 0) is 55.3 Å². The molecule has 0 aliphatic carbocycles. The van der Waals surface area contributed by atoms with Crippen LogP contribution in [0, 0.1) is 18.6 Å². The van der Waals surface area contributed by atoms with E-state index in [-0.39, 0.29) is 11.5 Å². The van der Waals surface area contributed by atoms with Gasteiger partial charge in [0, 0.05) is 6.54 Å². The third-order valence-corrected chi connectivity index (χ3v) is 3.06. The van der Waals surface area contributed by atoms with Crippen molar-refractivity contribution < 1.29 is 13.5 Å². The molecular formula is C17H19F2NO. The van der Waals surface area contributed by atoms with Crippen molar-refractivity contribution in [1.82, 2.24) is 5.32 Å². The zero-order valence-electron chi connectivity index (χ0n) is 12.2. The minimum absolute atomic E-state index is 0.0266. The van der Waals surface area contributed by atoms with E-state index in [1.165, 1.54) is 18.2 Å². The summed E-state index contributed by atoms with van der Waals surface area (Å²) >= 11 is 0. The zero-order valence-corrected chi connectivity index (χ0v) is 12.2. The lowest BCUT2D eigenvalue weighted by atomic mass is 10.2. The Morgan fingerprint density at radius 3 is 2.52 bits per heavy atom. The number of hydrogen-bond acceptors (Lipinski definition) is 2. The Hall–Kier alpha value is -1.94. The van der Waals surface area contributed by atoms with E-state index in [4.69, 9.17) is 4.74 Å². The van der Waals surface area contributed by atoms with Crippen LogP contribution in [-0.4, -0.2) is 6.54 Å². The second-order valence-electron chi connectivity index (χ2n) is 4.98. The van der Waals surface area contributed by atoms with Crippen LogP contribution in [0.15, 0.2) is 36.4 Å². The van der Waals surface area contributed by atoms with Crippen LogP contribution in [0.4, 0.5) is 8.78 Å². The minimum Gasteiger partial charge on any atom is -0.451 e. The standard InChI is InChI=1S/C17H19F2NO/c1-3-8-20-11-13-5-7-16(15(19)10-13)21-17-9-12(2)4-6-14(17)18/h4-7,9-10,20H,3,8,11H2,1-2H3. The average Bonchev–Trinajstić information content (AvgIpc) is 2.46. The first-order valence-electron chi connectivity index (χ1n) is 7.03. The summed E-state index contributed by atoms with van der Waals surface area (Å²) < 4.78 is 32.9. The molecular weight excluding hydrogens is 272 g/mol. The molecule has 2 nitrogen and oxygen atoms in total. The molecule has 0 spiro atoms. The third-order valence-electron chi connectivity index (χ3n) is 3.06. The highest BCUT2D eigenvalue weighted by molar-refractivity contribution is 5.37. The Morgan fingerprint density at radius 2 is 1.81 bits per heavy atom. The van der Waals surface area contributed by atoms with E-state index in [9.17, 15) is 8.78 Å². The quantitative estimate of drug-likeness (QED) is 0.787. The highest BCUT2D eigenvalue weighted by Gasteiger charge is 2.09. The van der Waals surface area contributed by atoms with Gasteiger partial charge in [-0.2, -0.15) is 0 Å². The molecule has 0 saturated carbocycles. The molecule has 0 aromatic heterocycles. The molecule has 2 aromatic rings. The van der Waals surface area contributed by atoms with Crippen LogP contribution in [0.1, 0.15) is 24.5 Å². The molecule has 112 valence electrons. The van der Waals surface area contributed by atoms with Gasteiger partial charge in [0.15, 0.2) is 23.1 Å². The number of benzene rings is 2. The first kappa shape index (κ1) is 15.4. The second kappa shape index (κ2) is 7.18. The maximum absolute atomic E-state index is 14.0. The highest BCUT2D eigenvalue weighted by atomic mass is 19.1. The van der Waals surface area contributed by atoms with Crippen molar-refractivity contribution in [1.29, 1.82) is 0 Å². The molecule has 0 aliphatic heterocycles. The summed E-state index contributed by atoms with van der Waals surface area (Å²) in [6.07, 6.45) is 1.02. The van der Waals surface area contributed by atoms with Crippen LogP contribution in [0.5, 0.6) is 11.5 Å². The zero-order chi connectivity index (χ0) is 15.2. The smallest absolute Gasteiger partial charge is 0.166 e. The molecule has 0 bridgehead atoms. The van der Waals surface area contributed by atoms with Gasteiger partial charge in [0.1, 0.15) is 0 Å². The summed E-state index contributed by atoms with van der Waals surface area (Å²) in [7, 11) is 0. The maximum Gasteiger partial charge on any atom is 0.166 e. The Balaban J connectivity index is 2.12. The van der Waals surface area contributed by atoms with Gasteiger partial charge < -0.3 is 10.1 Å². The summed E-state index contributed by atoms with van der Waals surface area (Å²) in [5, 5.41) is 3.20. The Morgan fingerprint density at radius 1 is 1.00 bits per heavy atom. The van der Waals surface area contributed by atoms with Gasteiger partial charge in [0.25, 0.3) is 0 Å². The number of hydrogen-bond donors (Lipinski definition) is 1. The summed E-state index contributed by atoms with van der Waals surface area (Å²) in [6, 6.07) is 9.21. The molecule has 2 aromatic carbocycles. The lowest BCUT2D eigenvalue weighted by Crippen LogP contribution is -2.13. The fraction of sp³-hybridized carbons (Fsp3) is 0.294. The molecule has 0 radical (unpaired) electrons. The molecule has 0 heterocycles. The van der Waals surface area contributed by atoms with Gasteiger partial charge in [-0.3, -0.25) is 0 Å². The van der Waals surface area contributed by atoms with Crippen LogP contribution >= 0.6 is 0 Å². The van der Waals surface area contributed by atoms with Crippen molar-refractivity contribution in [3.8, 4) is 11.5 Å². The lowest BCUT2D eigenvalue weighted by molar-refractivity contribution is 0.414. The highest BCUT2D eigenvalue weighted by Crippen LogP contribution is 2.28. The molecule has 2 rings (SSSR count). The van der Waals surface area contributed by atoms with Gasteiger partial charge in [0.2, 0.25) is 0 Å². The fourth-order valence-corrected chi connectivity index (χ4v) is 1.95. The molecule has 4 heteroatoms. The molecule has 0 saturated heterocycles. The Kier molecular flexibility index (Phi) is 5.28. The fourth-order valence-electron chi connectivity index (χ4n) is 1.95. The van der Waals surface area contributed by atoms with Crippen LogP contribution in [-0.2, 0) is 6.54 Å². The molecule has 1 N–H and O–H groups in total. The van der Waals surface area contributed by atoms with E-state index in [2.05, 4.69) is 12.2 Å². The van der Waals surface area contributed by atoms with Crippen molar-refractivity contribution in [2.75, 3.05) is 6.54 Å². The van der Waals surface area contributed by atoms with Crippen molar-refractivity contribution >= 4 is 0 Å². The Bertz CT molecular complexity index is 614. The third kappa shape index (κ3) is 4.26. The normalized spacial score (nSPS) is 10.7. The molecule has 0 fully saturated rings. The van der Waals surface area contributed by atoms with Crippen molar-refractivity contribution in [2.45, 2.75) is 26.8 Å². The Labute approximate surface area is 123 Å². The van der Waals surface area contributed by atoms with Gasteiger partial charge in [-0.15, -0.1) is 0 Å². The van der Waals surface area contributed by atoms with Gasteiger partial charge >= 0.3 is 0 Å². The van der Waals surface area contributed by atoms with E-state index >= 15 is 0 Å².